The van der Waals surface area contributed by atoms with Gasteiger partial charge in [0.05, 0.1) is 4.90 Å². The third kappa shape index (κ3) is 10.1. The van der Waals surface area contributed by atoms with Crippen LogP contribution in [0.1, 0.15) is 0 Å². The molecule has 0 saturated heterocycles. The summed E-state index contributed by atoms with van der Waals surface area (Å²) in [5.41, 5.74) is 5.70. The number of carbonyl (C=O) groups is 1. The fraction of sp³-hybridized carbons (Fsp3) is 0. The summed E-state index contributed by atoms with van der Waals surface area (Å²) in [5.74, 6) is 0.322. The molecule has 8 heteroatoms. The van der Waals surface area contributed by atoms with Crippen LogP contribution in [-0.2, 0) is 14.9 Å². The van der Waals surface area contributed by atoms with Gasteiger partial charge >= 0.3 is 29.6 Å². The molecule has 21 heavy (non-hydrogen) atoms. The molecule has 3 N–H and O–H groups in total. The van der Waals surface area contributed by atoms with Gasteiger partial charge in [-0.3, -0.25) is 0 Å². The molecular weight excluding hydrogens is 305 g/mol. The van der Waals surface area contributed by atoms with Gasteiger partial charge in [0, 0.05) is 5.69 Å². The number of nitrogen functional groups attached to an aromatic ring is 1. The van der Waals surface area contributed by atoms with Crippen molar-refractivity contribution in [2.75, 3.05) is 5.73 Å². The Balaban J connectivity index is 0. The smallest absolute Gasteiger partial charge is 0.744 e. The number of aromatic hydroxyl groups is 1. The molecule has 0 bridgehead atoms. The van der Waals surface area contributed by atoms with Crippen LogP contribution < -0.4 is 35.3 Å². The summed E-state index contributed by atoms with van der Waals surface area (Å²) in [6.45, 7) is 2.00. The molecule has 2 aromatic rings. The van der Waals surface area contributed by atoms with Crippen molar-refractivity contribution < 1.29 is 52.4 Å². The van der Waals surface area contributed by atoms with Crippen molar-refractivity contribution in [3.8, 4) is 5.75 Å². The Morgan fingerprint density at radius 1 is 0.952 bits per heavy atom. The normalized spacial score (nSPS) is 9.00. The first-order chi connectivity index (χ1) is 9.39. The van der Waals surface area contributed by atoms with Crippen LogP contribution in [0, 0.1) is 0 Å². The van der Waals surface area contributed by atoms with E-state index in [-0.39, 0.29) is 34.5 Å². The molecule has 0 aliphatic heterocycles. The van der Waals surface area contributed by atoms with E-state index in [1.54, 1.807) is 24.3 Å². The number of benzene rings is 2. The van der Waals surface area contributed by atoms with Gasteiger partial charge in [-0.1, -0.05) is 18.2 Å². The van der Waals surface area contributed by atoms with Gasteiger partial charge in [-0.25, -0.2) is 8.42 Å². The number of rotatable bonds is 1. The summed E-state index contributed by atoms with van der Waals surface area (Å²) < 4.78 is 31.0. The van der Waals surface area contributed by atoms with Gasteiger partial charge in [-0.2, -0.15) is 0 Å². The van der Waals surface area contributed by atoms with Crippen molar-refractivity contribution in [3.05, 3.63) is 54.6 Å². The predicted molar refractivity (Wildman–Crippen MR) is 74.0 cm³/mol. The monoisotopic (exact) mass is 319 g/mol. The van der Waals surface area contributed by atoms with E-state index < -0.39 is 10.1 Å². The molecule has 0 aliphatic carbocycles. The summed E-state index contributed by atoms with van der Waals surface area (Å²) in [4.78, 5) is 7.74. The van der Waals surface area contributed by atoms with Crippen molar-refractivity contribution in [2.24, 2.45) is 0 Å². The number of phenols is 1. The van der Waals surface area contributed by atoms with E-state index in [1.807, 2.05) is 12.9 Å². The second-order valence-corrected chi connectivity index (χ2v) is 4.74. The molecule has 0 unspecified atom stereocenters. The number of hydrogen-bond acceptors (Lipinski definition) is 6. The maximum Gasteiger partial charge on any atom is 1.00 e. The van der Waals surface area contributed by atoms with Crippen LogP contribution in [0.15, 0.2) is 59.5 Å². The zero-order valence-electron chi connectivity index (χ0n) is 11.5. The van der Waals surface area contributed by atoms with Crippen molar-refractivity contribution in [3.63, 3.8) is 0 Å². The molecule has 0 saturated carbocycles. The van der Waals surface area contributed by atoms with Gasteiger partial charge in [-0.15, -0.1) is 0 Å². The third-order valence-electron chi connectivity index (χ3n) is 1.92. The first-order valence-electron chi connectivity index (χ1n) is 5.24. The van der Waals surface area contributed by atoms with E-state index in [0.717, 1.165) is 0 Å². The number of carbonyl (C=O) groups excluding carboxylic acids is 1. The Morgan fingerprint density at radius 2 is 1.38 bits per heavy atom. The largest absolute Gasteiger partial charge is 1.00 e. The minimum absolute atomic E-state index is 0. The summed E-state index contributed by atoms with van der Waals surface area (Å²) >= 11 is 0. The number of anilines is 1. The van der Waals surface area contributed by atoms with Crippen LogP contribution in [0.2, 0.25) is 0 Å². The third-order valence-corrected chi connectivity index (χ3v) is 2.77. The van der Waals surface area contributed by atoms with Crippen LogP contribution in [-0.4, -0.2) is 24.9 Å². The standard InChI is InChI=1S/C6H7NO3S.C6H6O.CH2O.Na/c7-5-1-3-6(4-2-5)11(8,9)10;7-6-4-2-1-3-5-6;1-2;/h1-4H,7H2,(H,8,9,10);1-5,7H;1H2;/q;;;+1/p-1. The van der Waals surface area contributed by atoms with E-state index in [1.165, 1.54) is 24.3 Å². The molecule has 0 heterocycles. The molecule has 6 nitrogen and oxygen atoms in total. The Bertz CT molecular complexity index is 602. The van der Waals surface area contributed by atoms with E-state index in [0.29, 0.717) is 11.4 Å². The second-order valence-electron chi connectivity index (χ2n) is 3.36. The predicted octanol–water partition coefficient (Wildman–Crippen LogP) is -1.62. The van der Waals surface area contributed by atoms with E-state index >= 15 is 0 Å². The fourth-order valence-electron chi connectivity index (χ4n) is 1.06. The first-order valence-corrected chi connectivity index (χ1v) is 6.65. The van der Waals surface area contributed by atoms with E-state index in [2.05, 4.69) is 0 Å². The average molecular weight is 319 g/mol. The van der Waals surface area contributed by atoms with E-state index in [9.17, 15) is 13.0 Å². The van der Waals surface area contributed by atoms with Crippen LogP contribution >= 0.6 is 0 Å². The summed E-state index contributed by atoms with van der Waals surface area (Å²) in [7, 11) is -4.33. The number of phenolic OH excluding ortho intramolecular Hbond substituents is 1. The molecule has 2 aromatic carbocycles. The molecule has 0 atom stereocenters. The van der Waals surface area contributed by atoms with E-state index in [4.69, 9.17) is 15.6 Å². The molecular formula is C13H14NNaO5S. The summed E-state index contributed by atoms with van der Waals surface area (Å²) in [6.07, 6.45) is 0. The van der Waals surface area contributed by atoms with Crippen molar-refractivity contribution in [1.82, 2.24) is 0 Å². The minimum atomic E-state index is -4.33. The zero-order chi connectivity index (χ0) is 15.6. The van der Waals surface area contributed by atoms with Crippen molar-refractivity contribution in [1.29, 1.82) is 0 Å². The molecule has 0 amide bonds. The summed E-state index contributed by atoms with van der Waals surface area (Å²) in [5, 5.41) is 8.63. The second kappa shape index (κ2) is 11.3. The van der Waals surface area contributed by atoms with Gasteiger partial charge in [0.25, 0.3) is 0 Å². The van der Waals surface area contributed by atoms with Crippen LogP contribution in [0.4, 0.5) is 5.69 Å². The van der Waals surface area contributed by atoms with Crippen molar-refractivity contribution in [2.45, 2.75) is 4.90 Å². The number of hydrogen-bond donors (Lipinski definition) is 2. The van der Waals surface area contributed by atoms with Gasteiger partial charge in [-0.05, 0) is 36.4 Å². The quantitative estimate of drug-likeness (QED) is 0.370. The minimum Gasteiger partial charge on any atom is -0.744 e. The SMILES string of the molecule is C=O.Nc1ccc(S(=O)(=O)[O-])cc1.Oc1ccccc1.[Na+]. The van der Waals surface area contributed by atoms with Crippen LogP contribution in [0.5, 0.6) is 5.75 Å². The van der Waals surface area contributed by atoms with Gasteiger partial charge in [0.2, 0.25) is 0 Å². The number of para-hydroxylation sites is 1. The Labute approximate surface area is 145 Å². The zero-order valence-corrected chi connectivity index (χ0v) is 14.3. The average Bonchev–Trinajstić information content (AvgIpc) is 2.42. The molecule has 0 radical (unpaired) electrons. The molecule has 0 aromatic heterocycles. The molecule has 108 valence electrons. The van der Waals surface area contributed by atoms with Gasteiger partial charge < -0.3 is 20.2 Å². The molecule has 0 spiro atoms. The van der Waals surface area contributed by atoms with Crippen molar-refractivity contribution >= 4 is 22.6 Å². The molecule has 2 rings (SSSR count). The topological polar surface area (TPSA) is 121 Å². The number of nitrogens with two attached hydrogens (primary N) is 1. The Hall–Kier alpha value is -1.38. The van der Waals surface area contributed by atoms with Gasteiger partial charge in [0.1, 0.15) is 22.7 Å². The fourth-order valence-corrected chi connectivity index (χ4v) is 1.53. The first kappa shape index (κ1) is 21.9. The van der Waals surface area contributed by atoms with Crippen LogP contribution in [0.3, 0.4) is 0 Å². The van der Waals surface area contributed by atoms with Crippen LogP contribution in [0.25, 0.3) is 0 Å². The van der Waals surface area contributed by atoms with Gasteiger partial charge in [0.15, 0.2) is 0 Å². The maximum atomic E-state index is 10.3. The summed E-state index contributed by atoms with van der Waals surface area (Å²) in [6, 6.07) is 13.8. The Kier molecular flexibility index (Phi) is 11.8. The molecule has 0 aliphatic rings. The Morgan fingerprint density at radius 3 is 1.67 bits per heavy atom. The maximum absolute atomic E-state index is 10.3. The molecule has 0 fully saturated rings.